The van der Waals surface area contributed by atoms with Crippen LogP contribution in [0.4, 0.5) is 0 Å². The number of hydrogen-bond acceptors (Lipinski definition) is 4. The van der Waals surface area contributed by atoms with E-state index in [1.807, 2.05) is 42.5 Å². The molecule has 0 spiro atoms. The molecule has 6 nitrogen and oxygen atoms in total. The molecule has 2 aromatic carbocycles. The van der Waals surface area contributed by atoms with Crippen molar-refractivity contribution in [1.29, 1.82) is 0 Å². The van der Waals surface area contributed by atoms with E-state index in [0.717, 1.165) is 23.1 Å². The van der Waals surface area contributed by atoms with E-state index in [1.54, 1.807) is 14.2 Å². The monoisotopic (exact) mass is 343 g/mol. The highest BCUT2D eigenvalue weighted by molar-refractivity contribution is 5.77. The molecular weight excluding hydrogens is 318 g/mol. The third kappa shape index (κ3) is 5.39. The van der Waals surface area contributed by atoms with Gasteiger partial charge in [-0.25, -0.2) is 4.99 Å². The van der Waals surface area contributed by atoms with Gasteiger partial charge in [0.05, 0.1) is 27.4 Å². The number of benzene rings is 2. The second kappa shape index (κ2) is 9.54. The first-order chi connectivity index (χ1) is 12.2. The Hall–Kier alpha value is -2.73. The van der Waals surface area contributed by atoms with E-state index in [9.17, 15) is 5.11 Å². The minimum absolute atomic E-state index is 0.00166. The predicted molar refractivity (Wildman–Crippen MR) is 98.9 cm³/mol. The van der Waals surface area contributed by atoms with Crippen molar-refractivity contribution in [2.75, 3.05) is 20.8 Å². The molecule has 2 aromatic rings. The summed E-state index contributed by atoms with van der Waals surface area (Å²) >= 11 is 0. The summed E-state index contributed by atoms with van der Waals surface area (Å²) in [6.45, 7) is 1.09. The molecule has 0 fully saturated rings. The van der Waals surface area contributed by atoms with Crippen LogP contribution in [0.5, 0.6) is 11.5 Å². The number of aliphatic imine (C=N–C) groups is 1. The van der Waals surface area contributed by atoms with Crippen LogP contribution in [0.2, 0.25) is 0 Å². The SMILES string of the molecule is COc1ccc(CCNC(N)=NCc2ccccc2CO)cc1OC. The topological polar surface area (TPSA) is 89.1 Å². The van der Waals surface area contributed by atoms with Gasteiger partial charge in [0, 0.05) is 6.54 Å². The molecule has 0 aliphatic heterocycles. The van der Waals surface area contributed by atoms with Gasteiger partial charge in [0.1, 0.15) is 0 Å². The third-order valence-corrected chi connectivity index (χ3v) is 3.88. The molecule has 2 rings (SSSR count). The van der Waals surface area contributed by atoms with Crippen LogP contribution in [0.25, 0.3) is 0 Å². The number of aliphatic hydroxyl groups excluding tert-OH is 1. The molecule has 0 saturated carbocycles. The molecule has 0 bridgehead atoms. The Balaban J connectivity index is 1.86. The van der Waals surface area contributed by atoms with E-state index in [-0.39, 0.29) is 6.61 Å². The van der Waals surface area contributed by atoms with Crippen molar-refractivity contribution in [2.24, 2.45) is 10.7 Å². The van der Waals surface area contributed by atoms with Gasteiger partial charge in [0.15, 0.2) is 17.5 Å². The molecule has 134 valence electrons. The maximum Gasteiger partial charge on any atom is 0.188 e. The lowest BCUT2D eigenvalue weighted by atomic mass is 10.1. The van der Waals surface area contributed by atoms with Crippen LogP contribution in [0, 0.1) is 0 Å². The molecule has 0 saturated heterocycles. The summed E-state index contributed by atoms with van der Waals surface area (Å²) < 4.78 is 10.5. The van der Waals surface area contributed by atoms with Gasteiger partial charge < -0.3 is 25.6 Å². The summed E-state index contributed by atoms with van der Waals surface area (Å²) in [5.74, 6) is 1.80. The van der Waals surface area contributed by atoms with Crippen LogP contribution in [0.3, 0.4) is 0 Å². The number of nitrogens with zero attached hydrogens (tertiary/aromatic N) is 1. The Morgan fingerprint density at radius 3 is 2.48 bits per heavy atom. The summed E-state index contributed by atoms with van der Waals surface area (Å²) in [6.07, 6.45) is 0.782. The number of hydrogen-bond donors (Lipinski definition) is 3. The predicted octanol–water partition coefficient (Wildman–Crippen LogP) is 1.84. The molecule has 0 aliphatic rings. The lowest BCUT2D eigenvalue weighted by Gasteiger charge is -2.10. The molecular formula is C19H25N3O3. The number of aliphatic hydroxyl groups is 1. The average molecular weight is 343 g/mol. The molecule has 4 N–H and O–H groups in total. The van der Waals surface area contributed by atoms with Gasteiger partial charge in [0.2, 0.25) is 0 Å². The second-order valence-corrected chi connectivity index (χ2v) is 5.49. The third-order valence-electron chi connectivity index (χ3n) is 3.88. The van der Waals surface area contributed by atoms with Crippen molar-refractivity contribution in [3.63, 3.8) is 0 Å². The minimum atomic E-state index is -0.00166. The molecule has 0 amide bonds. The zero-order valence-electron chi connectivity index (χ0n) is 14.7. The van der Waals surface area contributed by atoms with Crippen molar-refractivity contribution < 1.29 is 14.6 Å². The number of guanidine groups is 1. The zero-order chi connectivity index (χ0) is 18.1. The molecule has 0 radical (unpaired) electrons. The maximum absolute atomic E-state index is 9.32. The van der Waals surface area contributed by atoms with Crippen LogP contribution in [-0.2, 0) is 19.6 Å². The average Bonchev–Trinajstić information content (AvgIpc) is 2.66. The summed E-state index contributed by atoms with van der Waals surface area (Å²) in [7, 11) is 3.24. The Labute approximate surface area is 148 Å². The molecule has 25 heavy (non-hydrogen) atoms. The van der Waals surface area contributed by atoms with Crippen molar-refractivity contribution in [3.8, 4) is 11.5 Å². The molecule has 0 aliphatic carbocycles. The lowest BCUT2D eigenvalue weighted by Crippen LogP contribution is -2.33. The summed E-state index contributed by atoms with van der Waals surface area (Å²) in [5, 5.41) is 12.4. The first-order valence-electron chi connectivity index (χ1n) is 8.10. The minimum Gasteiger partial charge on any atom is -0.493 e. The van der Waals surface area contributed by atoms with Gasteiger partial charge >= 0.3 is 0 Å². The van der Waals surface area contributed by atoms with Gasteiger partial charge in [-0.3, -0.25) is 0 Å². The van der Waals surface area contributed by atoms with E-state index < -0.39 is 0 Å². The van der Waals surface area contributed by atoms with Gasteiger partial charge in [-0.15, -0.1) is 0 Å². The molecule has 6 heteroatoms. The van der Waals surface area contributed by atoms with Gasteiger partial charge in [-0.2, -0.15) is 0 Å². The standard InChI is InChI=1S/C19H25N3O3/c1-24-17-8-7-14(11-18(17)25-2)9-10-21-19(20)22-12-15-5-3-4-6-16(15)13-23/h3-8,11,23H,9-10,12-13H2,1-2H3,(H3,20,21,22). The van der Waals surface area contributed by atoms with Crippen molar-refractivity contribution in [2.45, 2.75) is 19.6 Å². The van der Waals surface area contributed by atoms with Gasteiger partial charge in [0.25, 0.3) is 0 Å². The van der Waals surface area contributed by atoms with Crippen molar-refractivity contribution >= 4 is 5.96 Å². The van der Waals surface area contributed by atoms with E-state index >= 15 is 0 Å². The van der Waals surface area contributed by atoms with Crippen LogP contribution in [0.15, 0.2) is 47.5 Å². The highest BCUT2D eigenvalue weighted by Crippen LogP contribution is 2.27. The number of nitrogens with one attached hydrogen (secondary N) is 1. The lowest BCUT2D eigenvalue weighted by molar-refractivity contribution is 0.280. The Morgan fingerprint density at radius 2 is 1.80 bits per heavy atom. The van der Waals surface area contributed by atoms with Crippen LogP contribution in [-0.4, -0.2) is 31.8 Å². The summed E-state index contributed by atoms with van der Waals surface area (Å²) in [6, 6.07) is 13.5. The second-order valence-electron chi connectivity index (χ2n) is 5.49. The molecule has 0 heterocycles. The first kappa shape index (κ1) is 18.6. The fraction of sp³-hybridized carbons (Fsp3) is 0.316. The van der Waals surface area contributed by atoms with Crippen LogP contribution in [0.1, 0.15) is 16.7 Å². The zero-order valence-corrected chi connectivity index (χ0v) is 14.7. The molecule has 0 aromatic heterocycles. The highest BCUT2D eigenvalue weighted by atomic mass is 16.5. The Morgan fingerprint density at radius 1 is 1.08 bits per heavy atom. The smallest absolute Gasteiger partial charge is 0.188 e. The Kier molecular flexibility index (Phi) is 7.10. The van der Waals surface area contributed by atoms with E-state index in [4.69, 9.17) is 15.2 Å². The van der Waals surface area contributed by atoms with Crippen molar-refractivity contribution in [1.82, 2.24) is 5.32 Å². The van der Waals surface area contributed by atoms with Crippen LogP contribution >= 0.6 is 0 Å². The van der Waals surface area contributed by atoms with Gasteiger partial charge in [-0.05, 0) is 35.2 Å². The number of rotatable bonds is 8. The maximum atomic E-state index is 9.32. The molecule has 0 unspecified atom stereocenters. The number of nitrogens with two attached hydrogens (primary N) is 1. The van der Waals surface area contributed by atoms with E-state index in [1.165, 1.54) is 0 Å². The number of ether oxygens (including phenoxy) is 2. The largest absolute Gasteiger partial charge is 0.493 e. The molecule has 0 atom stereocenters. The fourth-order valence-electron chi connectivity index (χ4n) is 2.46. The normalized spacial score (nSPS) is 11.2. The summed E-state index contributed by atoms with van der Waals surface area (Å²) in [4.78, 5) is 4.32. The van der Waals surface area contributed by atoms with E-state index in [2.05, 4.69) is 10.3 Å². The summed E-state index contributed by atoms with van der Waals surface area (Å²) in [5.41, 5.74) is 8.86. The highest BCUT2D eigenvalue weighted by Gasteiger charge is 2.04. The van der Waals surface area contributed by atoms with Crippen LogP contribution < -0.4 is 20.5 Å². The quantitative estimate of drug-likeness (QED) is 0.503. The number of methoxy groups -OCH3 is 2. The van der Waals surface area contributed by atoms with Crippen molar-refractivity contribution in [3.05, 3.63) is 59.2 Å². The Bertz CT molecular complexity index is 717. The van der Waals surface area contributed by atoms with E-state index in [0.29, 0.717) is 30.5 Å². The van der Waals surface area contributed by atoms with Gasteiger partial charge in [-0.1, -0.05) is 30.3 Å². The first-order valence-corrected chi connectivity index (χ1v) is 8.10. The fourth-order valence-corrected chi connectivity index (χ4v) is 2.46.